The van der Waals surface area contributed by atoms with E-state index < -0.39 is 0 Å². The van der Waals surface area contributed by atoms with Crippen molar-refractivity contribution < 1.29 is 13.7 Å². The zero-order valence-electron chi connectivity index (χ0n) is 11.4. The van der Waals surface area contributed by atoms with Crippen LogP contribution in [0, 0.1) is 5.82 Å². The van der Waals surface area contributed by atoms with Gasteiger partial charge in [-0.15, -0.1) is 0 Å². The van der Waals surface area contributed by atoms with Gasteiger partial charge in [0, 0.05) is 17.4 Å². The Morgan fingerprint density at radius 1 is 1.45 bits per heavy atom. The number of carbonyl (C=O) groups is 1. The second kappa shape index (κ2) is 5.32. The molecular weight excluding hydrogens is 259 g/mol. The van der Waals surface area contributed by atoms with Gasteiger partial charge in [0.15, 0.2) is 5.58 Å². The largest absolute Gasteiger partial charge is 0.356 e. The number of nitrogens with zero attached hydrogens (tertiary/aromatic N) is 2. The van der Waals surface area contributed by atoms with E-state index in [-0.39, 0.29) is 11.6 Å². The second-order valence-corrected chi connectivity index (χ2v) is 5.46. The molecular formula is C15H17FN2O2. The van der Waals surface area contributed by atoms with Crippen LogP contribution in [0.15, 0.2) is 22.7 Å². The molecule has 0 atom stereocenters. The van der Waals surface area contributed by atoms with E-state index in [1.807, 2.05) is 0 Å². The van der Waals surface area contributed by atoms with Gasteiger partial charge in [-0.1, -0.05) is 5.16 Å². The standard InChI is InChI=1S/C15H17FN2O2/c1-10(19)9-18-6-4-11(5-7-18)15-13-3-2-12(16)8-14(13)20-17-15/h2-3,8,11H,4-7,9H2,1H3. The zero-order chi connectivity index (χ0) is 14.1. The molecule has 1 fully saturated rings. The second-order valence-electron chi connectivity index (χ2n) is 5.46. The molecule has 0 radical (unpaired) electrons. The highest BCUT2D eigenvalue weighted by molar-refractivity contribution is 5.80. The maximum atomic E-state index is 13.1. The Morgan fingerprint density at radius 2 is 2.20 bits per heavy atom. The van der Waals surface area contributed by atoms with Crippen LogP contribution in [0.3, 0.4) is 0 Å². The fourth-order valence-electron chi connectivity index (χ4n) is 2.90. The average Bonchev–Trinajstić information content (AvgIpc) is 2.82. The predicted octanol–water partition coefficient (Wildman–Crippen LogP) is 2.74. The molecule has 5 heteroatoms. The van der Waals surface area contributed by atoms with Crippen LogP contribution < -0.4 is 0 Å². The predicted molar refractivity (Wildman–Crippen MR) is 73.1 cm³/mol. The number of halogens is 1. The maximum Gasteiger partial charge on any atom is 0.170 e. The molecule has 2 aromatic rings. The smallest absolute Gasteiger partial charge is 0.170 e. The Bertz CT molecular complexity index is 630. The Morgan fingerprint density at radius 3 is 2.90 bits per heavy atom. The van der Waals surface area contributed by atoms with Gasteiger partial charge in [0.05, 0.1) is 12.2 Å². The first-order valence-corrected chi connectivity index (χ1v) is 6.90. The van der Waals surface area contributed by atoms with Crippen LogP contribution in [0.4, 0.5) is 4.39 Å². The first kappa shape index (κ1) is 13.2. The molecule has 0 unspecified atom stereocenters. The maximum absolute atomic E-state index is 13.1. The van der Waals surface area contributed by atoms with Crippen molar-refractivity contribution in [1.82, 2.24) is 10.1 Å². The highest BCUT2D eigenvalue weighted by atomic mass is 19.1. The monoisotopic (exact) mass is 276 g/mol. The zero-order valence-corrected chi connectivity index (χ0v) is 11.4. The van der Waals surface area contributed by atoms with Gasteiger partial charge in [-0.3, -0.25) is 9.69 Å². The van der Waals surface area contributed by atoms with Crippen LogP contribution in [0.5, 0.6) is 0 Å². The molecule has 106 valence electrons. The number of rotatable bonds is 3. The molecule has 0 N–H and O–H groups in total. The first-order chi connectivity index (χ1) is 9.63. The molecule has 4 nitrogen and oxygen atoms in total. The number of hydrogen-bond donors (Lipinski definition) is 0. The van der Waals surface area contributed by atoms with E-state index in [9.17, 15) is 9.18 Å². The van der Waals surface area contributed by atoms with Gasteiger partial charge >= 0.3 is 0 Å². The van der Waals surface area contributed by atoms with Gasteiger partial charge in [-0.2, -0.15) is 0 Å². The van der Waals surface area contributed by atoms with Crippen LogP contribution in [-0.2, 0) is 4.79 Å². The highest BCUT2D eigenvalue weighted by Gasteiger charge is 2.25. The number of carbonyl (C=O) groups excluding carboxylic acids is 1. The Kier molecular flexibility index (Phi) is 3.53. The van der Waals surface area contributed by atoms with Crippen molar-refractivity contribution in [3.63, 3.8) is 0 Å². The van der Waals surface area contributed by atoms with Gasteiger partial charge in [0.2, 0.25) is 0 Å². The van der Waals surface area contributed by atoms with Crippen molar-refractivity contribution in [2.45, 2.75) is 25.7 Å². The first-order valence-electron chi connectivity index (χ1n) is 6.90. The molecule has 0 saturated carbocycles. The lowest BCUT2D eigenvalue weighted by Gasteiger charge is -2.30. The van der Waals surface area contributed by atoms with Gasteiger partial charge in [0.1, 0.15) is 11.6 Å². The third-order valence-electron chi connectivity index (χ3n) is 3.88. The van der Waals surface area contributed by atoms with E-state index in [0.717, 1.165) is 37.0 Å². The fourth-order valence-corrected chi connectivity index (χ4v) is 2.90. The molecule has 0 bridgehead atoms. The van der Waals surface area contributed by atoms with E-state index in [1.165, 1.54) is 12.1 Å². The lowest BCUT2D eigenvalue weighted by atomic mass is 9.91. The summed E-state index contributed by atoms with van der Waals surface area (Å²) in [6, 6.07) is 4.54. The minimum atomic E-state index is -0.309. The van der Waals surface area contributed by atoms with E-state index in [1.54, 1.807) is 13.0 Å². The number of likely N-dealkylation sites (tertiary alicyclic amines) is 1. The molecule has 0 aliphatic carbocycles. The normalized spacial score (nSPS) is 17.7. The number of fused-ring (bicyclic) bond motifs is 1. The van der Waals surface area contributed by atoms with Crippen molar-refractivity contribution in [3.05, 3.63) is 29.7 Å². The molecule has 2 heterocycles. The summed E-state index contributed by atoms with van der Waals surface area (Å²) in [4.78, 5) is 13.3. The number of benzene rings is 1. The summed E-state index contributed by atoms with van der Waals surface area (Å²) in [6.45, 7) is 3.92. The summed E-state index contributed by atoms with van der Waals surface area (Å²) in [6.07, 6.45) is 1.90. The molecule has 1 aromatic heterocycles. The molecule has 1 aliphatic heterocycles. The SMILES string of the molecule is CC(=O)CN1CCC(c2noc3cc(F)ccc23)CC1. The minimum absolute atomic E-state index is 0.200. The van der Waals surface area contributed by atoms with Crippen LogP contribution in [-0.4, -0.2) is 35.5 Å². The van der Waals surface area contributed by atoms with Gasteiger partial charge in [-0.05, 0) is 45.0 Å². The van der Waals surface area contributed by atoms with Crippen molar-refractivity contribution >= 4 is 16.8 Å². The summed E-state index contributed by atoms with van der Waals surface area (Å²) < 4.78 is 18.4. The lowest BCUT2D eigenvalue weighted by molar-refractivity contribution is -0.118. The van der Waals surface area contributed by atoms with Crippen molar-refractivity contribution in [2.24, 2.45) is 0 Å². The van der Waals surface area contributed by atoms with Crippen LogP contribution in [0.2, 0.25) is 0 Å². The lowest BCUT2D eigenvalue weighted by Crippen LogP contribution is -2.36. The number of ketones is 1. The average molecular weight is 276 g/mol. The minimum Gasteiger partial charge on any atom is -0.356 e. The Labute approximate surface area is 116 Å². The highest BCUT2D eigenvalue weighted by Crippen LogP contribution is 2.32. The van der Waals surface area contributed by atoms with Gasteiger partial charge in [0.25, 0.3) is 0 Å². The molecule has 20 heavy (non-hydrogen) atoms. The third kappa shape index (κ3) is 2.58. The third-order valence-corrected chi connectivity index (χ3v) is 3.88. The quantitative estimate of drug-likeness (QED) is 0.864. The molecule has 1 saturated heterocycles. The number of piperidine rings is 1. The molecule has 0 spiro atoms. The summed E-state index contributed by atoms with van der Waals surface area (Å²) in [7, 11) is 0. The van der Waals surface area contributed by atoms with Crippen LogP contribution >= 0.6 is 0 Å². The van der Waals surface area contributed by atoms with E-state index in [2.05, 4.69) is 10.1 Å². The van der Waals surface area contributed by atoms with Crippen molar-refractivity contribution in [1.29, 1.82) is 0 Å². The summed E-state index contributed by atoms with van der Waals surface area (Å²) in [5, 5.41) is 5.02. The summed E-state index contributed by atoms with van der Waals surface area (Å²) in [5.74, 6) is 0.215. The molecule has 3 rings (SSSR count). The number of hydrogen-bond acceptors (Lipinski definition) is 4. The molecule has 1 aliphatic rings. The summed E-state index contributed by atoms with van der Waals surface area (Å²) in [5.41, 5.74) is 1.42. The van der Waals surface area contributed by atoms with E-state index >= 15 is 0 Å². The summed E-state index contributed by atoms with van der Waals surface area (Å²) >= 11 is 0. The Hall–Kier alpha value is -1.75. The van der Waals surface area contributed by atoms with E-state index in [4.69, 9.17) is 4.52 Å². The Balaban J connectivity index is 1.75. The van der Waals surface area contributed by atoms with Gasteiger partial charge < -0.3 is 4.52 Å². The fraction of sp³-hybridized carbons (Fsp3) is 0.467. The number of aromatic nitrogens is 1. The van der Waals surface area contributed by atoms with Crippen LogP contribution in [0.1, 0.15) is 31.4 Å². The molecule has 1 aromatic carbocycles. The topological polar surface area (TPSA) is 46.3 Å². The van der Waals surface area contributed by atoms with Crippen LogP contribution in [0.25, 0.3) is 11.0 Å². The number of Topliss-reactive ketones (excluding diaryl/α,β-unsaturated/α-hetero) is 1. The van der Waals surface area contributed by atoms with Gasteiger partial charge in [-0.25, -0.2) is 4.39 Å². The van der Waals surface area contributed by atoms with Crippen molar-refractivity contribution in [3.8, 4) is 0 Å². The van der Waals surface area contributed by atoms with Crippen molar-refractivity contribution in [2.75, 3.05) is 19.6 Å². The van der Waals surface area contributed by atoms with E-state index in [0.29, 0.717) is 18.0 Å². The molecule has 0 amide bonds.